The summed E-state index contributed by atoms with van der Waals surface area (Å²) >= 11 is 0. The van der Waals surface area contributed by atoms with Crippen LogP contribution in [0.1, 0.15) is 11.3 Å². The molecular weight excluding hydrogens is 228 g/mol. The SMILES string of the molecule is Cc1cc(-c2nc3ccc(C#N)cc3n2C)on1. The Morgan fingerprint density at radius 2 is 2.17 bits per heavy atom. The van der Waals surface area contributed by atoms with Gasteiger partial charge in [-0.2, -0.15) is 5.26 Å². The molecule has 0 saturated heterocycles. The van der Waals surface area contributed by atoms with Gasteiger partial charge in [-0.05, 0) is 25.1 Å². The van der Waals surface area contributed by atoms with Crippen LogP contribution in [0.4, 0.5) is 0 Å². The molecule has 0 bridgehead atoms. The molecule has 88 valence electrons. The third-order valence-corrected chi connectivity index (χ3v) is 2.86. The lowest BCUT2D eigenvalue weighted by Crippen LogP contribution is -1.91. The average molecular weight is 238 g/mol. The third kappa shape index (κ3) is 1.47. The van der Waals surface area contributed by atoms with Crippen LogP contribution >= 0.6 is 0 Å². The first-order chi connectivity index (χ1) is 8.69. The normalized spacial score (nSPS) is 10.7. The van der Waals surface area contributed by atoms with Gasteiger partial charge in [0.1, 0.15) is 0 Å². The molecule has 0 aliphatic heterocycles. The Kier molecular flexibility index (Phi) is 2.17. The molecule has 2 heterocycles. The van der Waals surface area contributed by atoms with E-state index >= 15 is 0 Å². The van der Waals surface area contributed by atoms with E-state index in [1.165, 1.54) is 0 Å². The highest BCUT2D eigenvalue weighted by atomic mass is 16.5. The monoisotopic (exact) mass is 238 g/mol. The quantitative estimate of drug-likeness (QED) is 0.652. The van der Waals surface area contributed by atoms with Gasteiger partial charge < -0.3 is 9.09 Å². The standard InChI is InChI=1S/C13H10N4O/c1-8-5-12(18-16-8)13-15-10-4-3-9(7-14)6-11(10)17(13)2/h3-6H,1-2H3. The van der Waals surface area contributed by atoms with E-state index in [0.29, 0.717) is 17.1 Å². The summed E-state index contributed by atoms with van der Waals surface area (Å²) in [7, 11) is 1.89. The Balaban J connectivity index is 2.26. The van der Waals surface area contributed by atoms with Crippen LogP contribution in [0, 0.1) is 18.3 Å². The highest BCUT2D eigenvalue weighted by Crippen LogP contribution is 2.24. The first kappa shape index (κ1) is 10.5. The predicted molar refractivity (Wildman–Crippen MR) is 65.7 cm³/mol. The van der Waals surface area contributed by atoms with E-state index in [9.17, 15) is 0 Å². The molecule has 0 amide bonds. The van der Waals surface area contributed by atoms with Gasteiger partial charge in [0, 0.05) is 13.1 Å². The van der Waals surface area contributed by atoms with Crippen LogP contribution < -0.4 is 0 Å². The second-order valence-electron chi connectivity index (χ2n) is 4.14. The van der Waals surface area contributed by atoms with Crippen LogP contribution in [0.3, 0.4) is 0 Å². The van der Waals surface area contributed by atoms with Gasteiger partial charge in [-0.25, -0.2) is 4.98 Å². The van der Waals surface area contributed by atoms with Gasteiger partial charge in [-0.15, -0.1) is 0 Å². The molecule has 18 heavy (non-hydrogen) atoms. The number of hydrogen-bond donors (Lipinski definition) is 0. The predicted octanol–water partition coefficient (Wildman–Crippen LogP) is 2.41. The maximum Gasteiger partial charge on any atom is 0.202 e. The molecule has 1 aromatic carbocycles. The molecule has 0 saturated carbocycles. The van der Waals surface area contributed by atoms with E-state index in [2.05, 4.69) is 16.2 Å². The number of aryl methyl sites for hydroxylation is 2. The molecule has 0 aliphatic rings. The van der Waals surface area contributed by atoms with Crippen molar-refractivity contribution in [3.63, 3.8) is 0 Å². The molecule has 3 aromatic rings. The summed E-state index contributed by atoms with van der Waals surface area (Å²) in [6.45, 7) is 1.86. The van der Waals surface area contributed by atoms with E-state index < -0.39 is 0 Å². The van der Waals surface area contributed by atoms with Crippen molar-refractivity contribution in [2.45, 2.75) is 6.92 Å². The second kappa shape index (κ2) is 3.70. The number of nitriles is 1. The van der Waals surface area contributed by atoms with Crippen LogP contribution in [0.5, 0.6) is 0 Å². The first-order valence-corrected chi connectivity index (χ1v) is 5.49. The maximum absolute atomic E-state index is 8.91. The van der Waals surface area contributed by atoms with E-state index in [1.54, 1.807) is 6.07 Å². The molecule has 5 nitrogen and oxygen atoms in total. The highest BCUT2D eigenvalue weighted by Gasteiger charge is 2.14. The van der Waals surface area contributed by atoms with Gasteiger partial charge in [0.05, 0.1) is 28.4 Å². The fourth-order valence-corrected chi connectivity index (χ4v) is 1.95. The molecule has 0 fully saturated rings. The van der Waals surface area contributed by atoms with Gasteiger partial charge in [-0.1, -0.05) is 5.16 Å². The Bertz CT molecular complexity index is 776. The zero-order valence-electron chi connectivity index (χ0n) is 10.0. The highest BCUT2D eigenvalue weighted by molar-refractivity contribution is 5.81. The lowest BCUT2D eigenvalue weighted by Gasteiger charge is -1.97. The summed E-state index contributed by atoms with van der Waals surface area (Å²) in [5.41, 5.74) is 3.17. The summed E-state index contributed by atoms with van der Waals surface area (Å²) in [5.74, 6) is 1.34. The maximum atomic E-state index is 8.91. The molecule has 0 atom stereocenters. The third-order valence-electron chi connectivity index (χ3n) is 2.86. The Morgan fingerprint density at radius 1 is 1.33 bits per heavy atom. The second-order valence-corrected chi connectivity index (χ2v) is 4.14. The number of imidazole rings is 1. The summed E-state index contributed by atoms with van der Waals surface area (Å²) in [6.07, 6.45) is 0. The molecule has 0 unspecified atom stereocenters. The Morgan fingerprint density at radius 3 is 2.83 bits per heavy atom. The minimum atomic E-state index is 0.616. The summed E-state index contributed by atoms with van der Waals surface area (Å²) < 4.78 is 7.12. The minimum Gasteiger partial charge on any atom is -0.353 e. The Hall–Kier alpha value is -2.61. The molecule has 0 radical (unpaired) electrons. The zero-order chi connectivity index (χ0) is 12.7. The van der Waals surface area contributed by atoms with Crippen molar-refractivity contribution < 1.29 is 4.52 Å². The van der Waals surface area contributed by atoms with Crippen LogP contribution in [0.2, 0.25) is 0 Å². The van der Waals surface area contributed by atoms with E-state index in [0.717, 1.165) is 16.7 Å². The summed E-state index contributed by atoms with van der Waals surface area (Å²) in [6, 6.07) is 9.37. The number of benzene rings is 1. The van der Waals surface area contributed by atoms with Gasteiger partial charge in [-0.3, -0.25) is 0 Å². The lowest BCUT2D eigenvalue weighted by atomic mass is 10.2. The number of nitrogens with zero attached hydrogens (tertiary/aromatic N) is 4. The lowest BCUT2D eigenvalue weighted by molar-refractivity contribution is 0.423. The number of rotatable bonds is 1. The average Bonchev–Trinajstić information content (AvgIpc) is 2.94. The smallest absolute Gasteiger partial charge is 0.202 e. The van der Waals surface area contributed by atoms with Crippen molar-refractivity contribution in [2.24, 2.45) is 7.05 Å². The number of fused-ring (bicyclic) bond motifs is 1. The number of aromatic nitrogens is 3. The molecule has 2 aromatic heterocycles. The number of hydrogen-bond acceptors (Lipinski definition) is 4. The molecule has 0 N–H and O–H groups in total. The minimum absolute atomic E-state index is 0.616. The van der Waals surface area contributed by atoms with Crippen LogP contribution in [-0.4, -0.2) is 14.7 Å². The fraction of sp³-hybridized carbons (Fsp3) is 0.154. The molecule has 0 aliphatic carbocycles. The molecule has 3 rings (SSSR count). The van der Waals surface area contributed by atoms with Crippen molar-refractivity contribution in [1.82, 2.24) is 14.7 Å². The van der Waals surface area contributed by atoms with E-state index in [1.807, 2.05) is 36.7 Å². The van der Waals surface area contributed by atoms with Crippen LogP contribution in [0.15, 0.2) is 28.8 Å². The van der Waals surface area contributed by atoms with Crippen LogP contribution in [-0.2, 0) is 7.05 Å². The molecule has 5 heteroatoms. The van der Waals surface area contributed by atoms with Crippen molar-refractivity contribution in [3.8, 4) is 17.7 Å². The van der Waals surface area contributed by atoms with Gasteiger partial charge in [0.15, 0.2) is 5.82 Å². The van der Waals surface area contributed by atoms with E-state index in [4.69, 9.17) is 9.78 Å². The fourth-order valence-electron chi connectivity index (χ4n) is 1.95. The van der Waals surface area contributed by atoms with Gasteiger partial charge >= 0.3 is 0 Å². The van der Waals surface area contributed by atoms with Gasteiger partial charge in [0.25, 0.3) is 0 Å². The largest absolute Gasteiger partial charge is 0.353 e. The molecular formula is C13H10N4O. The molecule has 0 spiro atoms. The zero-order valence-corrected chi connectivity index (χ0v) is 10.0. The van der Waals surface area contributed by atoms with Crippen LogP contribution in [0.25, 0.3) is 22.6 Å². The van der Waals surface area contributed by atoms with Crippen molar-refractivity contribution in [2.75, 3.05) is 0 Å². The van der Waals surface area contributed by atoms with Crippen molar-refractivity contribution in [3.05, 3.63) is 35.5 Å². The van der Waals surface area contributed by atoms with Crippen molar-refractivity contribution in [1.29, 1.82) is 5.26 Å². The summed E-state index contributed by atoms with van der Waals surface area (Å²) in [4.78, 5) is 4.49. The first-order valence-electron chi connectivity index (χ1n) is 5.49. The Labute approximate surface area is 103 Å². The van der Waals surface area contributed by atoms with Crippen molar-refractivity contribution >= 4 is 11.0 Å². The topological polar surface area (TPSA) is 67.6 Å². The van der Waals surface area contributed by atoms with E-state index in [-0.39, 0.29) is 0 Å². The van der Waals surface area contributed by atoms with Gasteiger partial charge in [0.2, 0.25) is 5.76 Å². The summed E-state index contributed by atoms with van der Waals surface area (Å²) in [5, 5.41) is 12.8.